The number of methoxy groups -OCH3 is 1. The first-order valence-corrected chi connectivity index (χ1v) is 12.3. The second kappa shape index (κ2) is 10.1. The van der Waals surface area contributed by atoms with E-state index in [1.807, 2.05) is 47.8 Å². The molecule has 0 saturated carbocycles. The van der Waals surface area contributed by atoms with Crippen LogP contribution in [0.5, 0.6) is 0 Å². The Morgan fingerprint density at radius 3 is 2.66 bits per heavy atom. The van der Waals surface area contributed by atoms with Crippen molar-refractivity contribution in [1.82, 2.24) is 9.80 Å². The number of likely N-dealkylation sites (N-methyl/N-ethyl adjacent to an activating group) is 1. The van der Waals surface area contributed by atoms with E-state index in [4.69, 9.17) is 9.47 Å². The van der Waals surface area contributed by atoms with E-state index in [9.17, 15) is 13.2 Å². The quantitative estimate of drug-likeness (QED) is 0.446. The van der Waals surface area contributed by atoms with Crippen LogP contribution in [0.1, 0.15) is 12.0 Å². The van der Waals surface area contributed by atoms with Gasteiger partial charge in [-0.2, -0.15) is 13.2 Å². The first-order chi connectivity index (χ1) is 18.1. The number of azo groups is 1. The molecule has 1 aromatic carbocycles. The van der Waals surface area contributed by atoms with Gasteiger partial charge in [0.05, 0.1) is 55.1 Å². The van der Waals surface area contributed by atoms with Crippen LogP contribution in [0.3, 0.4) is 0 Å². The fourth-order valence-corrected chi connectivity index (χ4v) is 4.97. The van der Waals surface area contributed by atoms with Crippen molar-refractivity contribution in [2.75, 3.05) is 59.0 Å². The molecule has 1 aromatic rings. The van der Waals surface area contributed by atoms with Crippen molar-refractivity contribution in [3.63, 3.8) is 0 Å². The maximum absolute atomic E-state index is 14.2. The monoisotopic (exact) mass is 528 g/mol. The molecular formula is C27H31F3N6O2+. The molecule has 0 unspecified atom stereocenters. The van der Waals surface area contributed by atoms with E-state index in [0.29, 0.717) is 50.7 Å². The highest BCUT2D eigenvalue weighted by Crippen LogP contribution is 2.44. The van der Waals surface area contributed by atoms with Gasteiger partial charge >= 0.3 is 12.0 Å². The summed E-state index contributed by atoms with van der Waals surface area (Å²) in [6.07, 6.45) is 0.586. The predicted octanol–water partition coefficient (Wildman–Crippen LogP) is 4.37. The number of amidine groups is 1. The van der Waals surface area contributed by atoms with Crippen LogP contribution in [-0.4, -0.2) is 80.5 Å². The molecule has 0 N–H and O–H groups in total. The lowest BCUT2D eigenvalue weighted by Gasteiger charge is -2.41. The van der Waals surface area contributed by atoms with E-state index in [-0.39, 0.29) is 11.1 Å². The van der Waals surface area contributed by atoms with Crippen LogP contribution in [-0.2, 0) is 14.9 Å². The lowest BCUT2D eigenvalue weighted by molar-refractivity contribution is -0.451. The Morgan fingerprint density at radius 2 is 2.03 bits per heavy atom. The number of halogens is 3. The molecular weight excluding hydrogens is 497 g/mol. The Kier molecular flexibility index (Phi) is 7.01. The fourth-order valence-electron chi connectivity index (χ4n) is 4.97. The van der Waals surface area contributed by atoms with Gasteiger partial charge in [-0.1, -0.05) is 18.7 Å². The Bertz CT molecular complexity index is 1280. The van der Waals surface area contributed by atoms with Gasteiger partial charge in [0, 0.05) is 38.3 Å². The highest BCUT2D eigenvalue weighted by molar-refractivity contribution is 5.80. The molecule has 8 nitrogen and oxygen atoms in total. The van der Waals surface area contributed by atoms with Gasteiger partial charge in [0.2, 0.25) is 0 Å². The summed E-state index contributed by atoms with van der Waals surface area (Å²) in [4.78, 5) is 5.16. The average Bonchev–Trinajstić information content (AvgIpc) is 3.41. The standard InChI is InChI=1S/C27H31F3N6O2/c1-19-35(15-24-23(27(28,29)30)10-20(14-36(19)24)13-33(2)8-9-37-4)22-7-5-6-21(11-22)26(16-38-17-26)12-25-32-31-18-34(25)3/h5-7,10-11,14-15,18H,1,8-9,12-13,16-17H2,2-4H3/q+1. The summed E-state index contributed by atoms with van der Waals surface area (Å²) in [7, 11) is 5.35. The van der Waals surface area contributed by atoms with E-state index in [0.717, 1.165) is 17.1 Å². The van der Waals surface area contributed by atoms with Crippen LogP contribution < -0.4 is 4.90 Å². The zero-order valence-electron chi connectivity index (χ0n) is 21.7. The number of hydrogen-bond donors (Lipinski definition) is 0. The SMILES string of the molecule is C=C1N2C=C(CN(C)CCOC)C=C(C(F)(F)F)C2=CN1c1cccc(C2(CC3=[N+](C)[CH]N=N3)COC2)c1. The summed E-state index contributed by atoms with van der Waals surface area (Å²) in [6.45, 7) is 8.32. The van der Waals surface area contributed by atoms with Gasteiger partial charge in [0.15, 0.2) is 0 Å². The second-order valence-corrected chi connectivity index (χ2v) is 10.0. The topological polar surface area (TPSA) is 55.9 Å². The third-order valence-electron chi connectivity index (χ3n) is 7.20. The minimum atomic E-state index is -4.52. The first kappa shape index (κ1) is 26.3. The third-order valence-corrected chi connectivity index (χ3v) is 7.20. The highest BCUT2D eigenvalue weighted by Gasteiger charge is 2.46. The number of nitrogens with zero attached hydrogens (tertiary/aromatic N) is 6. The number of allylic oxidation sites excluding steroid dienone is 1. The molecule has 1 fully saturated rings. The van der Waals surface area contributed by atoms with Crippen LogP contribution >= 0.6 is 0 Å². The molecule has 4 heterocycles. The van der Waals surface area contributed by atoms with Gasteiger partial charge in [0.25, 0.3) is 6.67 Å². The maximum atomic E-state index is 14.2. The van der Waals surface area contributed by atoms with Crippen molar-refractivity contribution in [3.05, 3.63) is 84.2 Å². The molecule has 11 heteroatoms. The van der Waals surface area contributed by atoms with Crippen LogP contribution in [0.4, 0.5) is 18.9 Å². The molecule has 201 valence electrons. The molecule has 4 aliphatic heterocycles. The lowest BCUT2D eigenvalue weighted by atomic mass is 9.75. The zero-order chi connectivity index (χ0) is 27.1. The van der Waals surface area contributed by atoms with E-state index in [1.165, 1.54) is 17.2 Å². The summed E-state index contributed by atoms with van der Waals surface area (Å²) in [5.41, 5.74) is 1.38. The van der Waals surface area contributed by atoms with E-state index in [2.05, 4.69) is 16.8 Å². The summed E-state index contributed by atoms with van der Waals surface area (Å²) in [6, 6.07) is 7.81. The maximum Gasteiger partial charge on any atom is 0.418 e. The van der Waals surface area contributed by atoms with Crippen molar-refractivity contribution in [2.24, 2.45) is 10.2 Å². The van der Waals surface area contributed by atoms with Crippen molar-refractivity contribution in [1.29, 1.82) is 0 Å². The van der Waals surface area contributed by atoms with Crippen LogP contribution in [0.2, 0.25) is 0 Å². The molecule has 0 atom stereocenters. The Balaban J connectivity index is 1.44. The first-order valence-electron chi connectivity index (χ1n) is 12.3. The van der Waals surface area contributed by atoms with Crippen molar-refractivity contribution in [3.8, 4) is 0 Å². The number of fused-ring (bicyclic) bond motifs is 1. The average molecular weight is 529 g/mol. The Hall–Kier alpha value is -3.28. The molecule has 0 aromatic heterocycles. The number of anilines is 1. The van der Waals surface area contributed by atoms with Gasteiger partial charge in [-0.15, -0.1) is 0 Å². The van der Waals surface area contributed by atoms with Crippen LogP contribution in [0, 0.1) is 6.67 Å². The third kappa shape index (κ3) is 4.93. The summed E-state index contributed by atoms with van der Waals surface area (Å²) < 4.78 is 55.1. The van der Waals surface area contributed by atoms with Gasteiger partial charge in [-0.25, -0.2) is 4.58 Å². The number of benzene rings is 1. The van der Waals surface area contributed by atoms with Crippen molar-refractivity contribution >= 4 is 11.5 Å². The predicted molar refractivity (Wildman–Crippen MR) is 137 cm³/mol. The Morgan fingerprint density at radius 1 is 1.24 bits per heavy atom. The highest BCUT2D eigenvalue weighted by atomic mass is 19.4. The van der Waals surface area contributed by atoms with Gasteiger partial charge < -0.3 is 19.3 Å². The lowest BCUT2D eigenvalue weighted by Crippen LogP contribution is -2.48. The number of hydrogen-bond acceptors (Lipinski definition) is 7. The Labute approximate surface area is 220 Å². The molecule has 5 rings (SSSR count). The van der Waals surface area contributed by atoms with E-state index < -0.39 is 11.7 Å². The largest absolute Gasteiger partial charge is 0.418 e. The zero-order valence-corrected chi connectivity index (χ0v) is 21.7. The van der Waals surface area contributed by atoms with E-state index in [1.54, 1.807) is 24.9 Å². The molecule has 0 spiro atoms. The number of alkyl halides is 3. The van der Waals surface area contributed by atoms with Crippen molar-refractivity contribution < 1.29 is 27.2 Å². The molecule has 1 saturated heterocycles. The van der Waals surface area contributed by atoms with Crippen LogP contribution in [0.15, 0.2) is 82.2 Å². The molecule has 38 heavy (non-hydrogen) atoms. The summed E-state index contributed by atoms with van der Waals surface area (Å²) >= 11 is 0. The second-order valence-electron chi connectivity index (χ2n) is 10.0. The van der Waals surface area contributed by atoms with Gasteiger partial charge in [-0.05, 0) is 41.5 Å². The summed E-state index contributed by atoms with van der Waals surface area (Å²) in [5.74, 6) is 1.27. The molecule has 0 bridgehead atoms. The molecule has 0 amide bonds. The van der Waals surface area contributed by atoms with Gasteiger partial charge in [0.1, 0.15) is 5.82 Å². The van der Waals surface area contributed by atoms with Gasteiger partial charge in [-0.3, -0.25) is 4.90 Å². The van der Waals surface area contributed by atoms with Crippen molar-refractivity contribution in [2.45, 2.75) is 18.0 Å². The number of ether oxygens (including phenoxy) is 2. The minimum Gasteiger partial charge on any atom is -0.383 e. The minimum absolute atomic E-state index is 0.0528. The molecule has 4 aliphatic rings. The smallest absolute Gasteiger partial charge is 0.383 e. The fraction of sp³-hybridized carbons (Fsp3) is 0.407. The normalized spacial score (nSPS) is 20.6. The van der Waals surface area contributed by atoms with E-state index >= 15 is 0 Å². The molecule has 0 aliphatic carbocycles. The number of rotatable bonds is 9. The summed E-state index contributed by atoms with van der Waals surface area (Å²) in [5, 5.41) is 8.21. The molecule has 1 radical (unpaired) electrons. The van der Waals surface area contributed by atoms with Crippen LogP contribution in [0.25, 0.3) is 0 Å².